The smallest absolute Gasteiger partial charge is 0.407 e. The third-order valence-corrected chi connectivity index (χ3v) is 3.30. The van der Waals surface area contributed by atoms with Crippen molar-refractivity contribution >= 4 is 17.6 Å². The van der Waals surface area contributed by atoms with Gasteiger partial charge in [0.2, 0.25) is 0 Å². The predicted octanol–water partition coefficient (Wildman–Crippen LogP) is 0.846. The molecule has 0 bridgehead atoms. The maximum Gasteiger partial charge on any atom is 0.407 e. The van der Waals surface area contributed by atoms with Crippen molar-refractivity contribution in [2.24, 2.45) is 0 Å². The molecule has 8 nitrogen and oxygen atoms in total. The summed E-state index contributed by atoms with van der Waals surface area (Å²) in [6, 6.07) is -0.0325. The molecule has 4 N–H and O–H groups in total. The number of alkyl carbamates (subject to hydrolysis) is 1. The Morgan fingerprint density at radius 2 is 2.27 bits per heavy atom. The number of amides is 1. The van der Waals surface area contributed by atoms with Crippen LogP contribution in [-0.2, 0) is 4.74 Å². The van der Waals surface area contributed by atoms with Crippen molar-refractivity contribution in [2.75, 3.05) is 23.7 Å². The highest BCUT2D eigenvalue weighted by Crippen LogP contribution is 2.22. The number of aromatic amines is 1. The molecule has 0 radical (unpaired) electrons. The number of carbonyl (C=O) groups excluding carboxylic acids is 1. The van der Waals surface area contributed by atoms with E-state index < -0.39 is 17.4 Å². The standard InChI is InChI=1S/C14H23N5O3/c1-14(2,3)22-13(21)17-9-5-4-6-19(8-9)10-7-16-12(20)18-11(10)15/h7,9H,4-6,8H2,1-3H3,(H,17,21)(H3,15,16,18,20). The summed E-state index contributed by atoms with van der Waals surface area (Å²) in [5.74, 6) is 0.290. The van der Waals surface area contributed by atoms with Crippen molar-refractivity contribution < 1.29 is 9.53 Å². The van der Waals surface area contributed by atoms with Crippen LogP contribution in [0, 0.1) is 0 Å². The van der Waals surface area contributed by atoms with E-state index in [1.807, 2.05) is 25.7 Å². The summed E-state index contributed by atoms with van der Waals surface area (Å²) in [7, 11) is 0. The van der Waals surface area contributed by atoms with E-state index in [-0.39, 0.29) is 11.9 Å². The fourth-order valence-corrected chi connectivity index (χ4v) is 2.44. The number of nitrogens with zero attached hydrogens (tertiary/aromatic N) is 2. The molecule has 0 aromatic carbocycles. The zero-order valence-corrected chi connectivity index (χ0v) is 13.2. The molecule has 22 heavy (non-hydrogen) atoms. The van der Waals surface area contributed by atoms with Crippen molar-refractivity contribution in [3.63, 3.8) is 0 Å². The Bertz CT molecular complexity index is 593. The summed E-state index contributed by atoms with van der Waals surface area (Å²) in [5.41, 5.74) is 5.52. The van der Waals surface area contributed by atoms with Crippen molar-refractivity contribution in [2.45, 2.75) is 45.3 Å². The highest BCUT2D eigenvalue weighted by Gasteiger charge is 2.25. The van der Waals surface area contributed by atoms with E-state index in [1.54, 1.807) is 0 Å². The number of anilines is 2. The Morgan fingerprint density at radius 3 is 2.91 bits per heavy atom. The van der Waals surface area contributed by atoms with Crippen LogP contribution in [-0.4, -0.2) is 40.8 Å². The number of aromatic nitrogens is 2. The number of hydrogen-bond donors (Lipinski definition) is 3. The Balaban J connectivity index is 2.00. The topological polar surface area (TPSA) is 113 Å². The van der Waals surface area contributed by atoms with Gasteiger partial charge < -0.3 is 20.7 Å². The predicted molar refractivity (Wildman–Crippen MR) is 83.9 cm³/mol. The van der Waals surface area contributed by atoms with Gasteiger partial charge in [0.05, 0.1) is 11.9 Å². The lowest BCUT2D eigenvalue weighted by Crippen LogP contribution is -2.49. The highest BCUT2D eigenvalue weighted by molar-refractivity contribution is 5.68. The SMILES string of the molecule is CC(C)(C)OC(=O)NC1CCCN(c2cnc(=O)[nH]c2N)C1. The van der Waals surface area contributed by atoms with E-state index >= 15 is 0 Å². The summed E-state index contributed by atoms with van der Waals surface area (Å²) < 4.78 is 5.27. The summed E-state index contributed by atoms with van der Waals surface area (Å²) >= 11 is 0. The minimum Gasteiger partial charge on any atom is -0.444 e. The lowest BCUT2D eigenvalue weighted by Gasteiger charge is -2.35. The molecule has 1 amide bonds. The second-order valence-electron chi connectivity index (χ2n) is 6.42. The molecular formula is C14H23N5O3. The normalized spacial score (nSPS) is 18.9. The van der Waals surface area contributed by atoms with E-state index in [1.165, 1.54) is 6.20 Å². The quantitative estimate of drug-likeness (QED) is 0.746. The number of piperidine rings is 1. The molecule has 0 aliphatic carbocycles. The van der Waals surface area contributed by atoms with Gasteiger partial charge in [-0.25, -0.2) is 9.59 Å². The van der Waals surface area contributed by atoms with Gasteiger partial charge in [0.15, 0.2) is 0 Å². The molecule has 1 fully saturated rings. The third-order valence-electron chi connectivity index (χ3n) is 3.30. The Hall–Kier alpha value is -2.25. The minimum absolute atomic E-state index is 0.0325. The number of ether oxygens (including phenoxy) is 1. The molecule has 1 aromatic heterocycles. The average molecular weight is 309 g/mol. The van der Waals surface area contributed by atoms with Crippen LogP contribution in [0.15, 0.2) is 11.0 Å². The molecule has 1 saturated heterocycles. The molecule has 1 aliphatic heterocycles. The number of hydrogen-bond acceptors (Lipinski definition) is 6. The summed E-state index contributed by atoms with van der Waals surface area (Å²) in [5, 5.41) is 2.87. The van der Waals surface area contributed by atoms with Gasteiger partial charge in [-0.3, -0.25) is 4.98 Å². The summed E-state index contributed by atoms with van der Waals surface area (Å²) in [6.45, 7) is 6.87. The molecule has 2 rings (SSSR count). The fraction of sp³-hybridized carbons (Fsp3) is 0.643. The number of nitrogens with one attached hydrogen (secondary N) is 2. The molecule has 1 aliphatic rings. The van der Waals surface area contributed by atoms with Crippen LogP contribution in [0.1, 0.15) is 33.6 Å². The number of nitrogen functional groups attached to an aromatic ring is 1. The number of H-pyrrole nitrogens is 1. The van der Waals surface area contributed by atoms with Crippen LogP contribution in [0.25, 0.3) is 0 Å². The third kappa shape index (κ3) is 4.37. The zero-order chi connectivity index (χ0) is 16.3. The first-order valence-corrected chi connectivity index (χ1v) is 7.34. The second-order valence-corrected chi connectivity index (χ2v) is 6.42. The van der Waals surface area contributed by atoms with Crippen molar-refractivity contribution in [1.82, 2.24) is 15.3 Å². The van der Waals surface area contributed by atoms with Gasteiger partial charge in [-0.05, 0) is 33.6 Å². The van der Waals surface area contributed by atoms with Crippen LogP contribution in [0.5, 0.6) is 0 Å². The molecule has 122 valence electrons. The molecule has 2 heterocycles. The lowest BCUT2D eigenvalue weighted by molar-refractivity contribution is 0.0500. The van der Waals surface area contributed by atoms with Crippen LogP contribution in [0.4, 0.5) is 16.3 Å². The van der Waals surface area contributed by atoms with E-state index in [0.29, 0.717) is 12.2 Å². The maximum atomic E-state index is 11.8. The van der Waals surface area contributed by atoms with Crippen molar-refractivity contribution in [3.8, 4) is 0 Å². The second kappa shape index (κ2) is 6.25. The Morgan fingerprint density at radius 1 is 1.55 bits per heavy atom. The van der Waals surface area contributed by atoms with Gasteiger partial charge in [-0.15, -0.1) is 0 Å². The van der Waals surface area contributed by atoms with E-state index in [4.69, 9.17) is 10.5 Å². The van der Waals surface area contributed by atoms with Gasteiger partial charge in [0.1, 0.15) is 11.4 Å². The van der Waals surface area contributed by atoms with Crippen LogP contribution in [0.2, 0.25) is 0 Å². The van der Waals surface area contributed by atoms with Gasteiger partial charge in [0, 0.05) is 19.1 Å². The first kappa shape index (κ1) is 16.1. The molecule has 1 aromatic rings. The average Bonchev–Trinajstić information content (AvgIpc) is 2.36. The van der Waals surface area contributed by atoms with Gasteiger partial charge in [-0.1, -0.05) is 0 Å². The molecule has 0 spiro atoms. The first-order valence-electron chi connectivity index (χ1n) is 7.34. The number of rotatable bonds is 2. The molecule has 8 heteroatoms. The van der Waals surface area contributed by atoms with Gasteiger partial charge >= 0.3 is 11.8 Å². The molecular weight excluding hydrogens is 286 g/mol. The van der Waals surface area contributed by atoms with Crippen LogP contribution < -0.4 is 21.6 Å². The van der Waals surface area contributed by atoms with Crippen molar-refractivity contribution in [1.29, 1.82) is 0 Å². The van der Waals surface area contributed by atoms with E-state index in [2.05, 4.69) is 15.3 Å². The van der Waals surface area contributed by atoms with Crippen molar-refractivity contribution in [3.05, 3.63) is 16.7 Å². The minimum atomic E-state index is -0.522. The number of nitrogens with two attached hydrogens (primary N) is 1. The lowest BCUT2D eigenvalue weighted by atomic mass is 10.1. The Labute approximate surface area is 129 Å². The largest absolute Gasteiger partial charge is 0.444 e. The Kier molecular flexibility index (Phi) is 4.58. The highest BCUT2D eigenvalue weighted by atomic mass is 16.6. The summed E-state index contributed by atoms with van der Waals surface area (Å²) in [4.78, 5) is 31.2. The fourth-order valence-electron chi connectivity index (χ4n) is 2.44. The van der Waals surface area contributed by atoms with Gasteiger partial charge in [0.25, 0.3) is 0 Å². The zero-order valence-electron chi connectivity index (χ0n) is 13.2. The van der Waals surface area contributed by atoms with Gasteiger partial charge in [-0.2, -0.15) is 4.98 Å². The molecule has 0 saturated carbocycles. The monoisotopic (exact) mass is 309 g/mol. The van der Waals surface area contributed by atoms with E-state index in [9.17, 15) is 9.59 Å². The van der Waals surface area contributed by atoms with Crippen LogP contribution >= 0.6 is 0 Å². The number of carbonyl (C=O) groups is 1. The molecule has 1 atom stereocenters. The van der Waals surface area contributed by atoms with E-state index in [0.717, 1.165) is 19.4 Å². The maximum absolute atomic E-state index is 11.8. The molecule has 1 unspecified atom stereocenters. The first-order chi connectivity index (χ1) is 10.2. The van der Waals surface area contributed by atoms with Crippen LogP contribution in [0.3, 0.4) is 0 Å². The summed E-state index contributed by atoms with van der Waals surface area (Å²) in [6.07, 6.45) is 2.81.